The minimum absolute atomic E-state index is 0.134. The Labute approximate surface area is 179 Å². The van der Waals surface area contributed by atoms with Crippen molar-refractivity contribution in [1.29, 1.82) is 0 Å². The summed E-state index contributed by atoms with van der Waals surface area (Å²) in [5.74, 6) is 0.0371. The molecule has 1 amide bonds. The molecule has 1 heterocycles. The summed E-state index contributed by atoms with van der Waals surface area (Å²) in [6, 6.07) is 12.8. The average molecular weight is 431 g/mol. The number of ether oxygens (including phenoxy) is 1. The molecule has 2 aromatic carbocycles. The van der Waals surface area contributed by atoms with E-state index < -0.39 is 10.0 Å². The van der Waals surface area contributed by atoms with Gasteiger partial charge in [-0.05, 0) is 56.4 Å². The van der Waals surface area contributed by atoms with Crippen LogP contribution in [0.2, 0.25) is 0 Å². The molecule has 0 spiro atoms. The van der Waals surface area contributed by atoms with Gasteiger partial charge in [-0.15, -0.1) is 0 Å². The third-order valence-corrected chi connectivity index (χ3v) is 7.31. The predicted molar refractivity (Wildman–Crippen MR) is 117 cm³/mol. The molecule has 6 nitrogen and oxygen atoms in total. The molecule has 0 unspecified atom stereocenters. The topological polar surface area (TPSA) is 75.7 Å². The summed E-state index contributed by atoms with van der Waals surface area (Å²) >= 11 is 0. The van der Waals surface area contributed by atoms with Crippen LogP contribution in [-0.4, -0.2) is 45.4 Å². The number of sulfonamides is 1. The van der Waals surface area contributed by atoms with Gasteiger partial charge in [0, 0.05) is 19.6 Å². The zero-order valence-corrected chi connectivity index (χ0v) is 18.5. The van der Waals surface area contributed by atoms with E-state index >= 15 is 0 Å². The first-order chi connectivity index (χ1) is 14.4. The highest BCUT2D eigenvalue weighted by molar-refractivity contribution is 7.89. The molecule has 1 fully saturated rings. The van der Waals surface area contributed by atoms with Gasteiger partial charge < -0.3 is 10.1 Å². The zero-order chi connectivity index (χ0) is 21.6. The van der Waals surface area contributed by atoms with E-state index in [1.807, 2.05) is 0 Å². The maximum atomic E-state index is 13.0. The van der Waals surface area contributed by atoms with E-state index in [-0.39, 0.29) is 16.4 Å². The molecule has 3 rings (SSSR count). The number of rotatable bonds is 8. The number of nitrogens with zero attached hydrogens (tertiary/aromatic N) is 1. The van der Waals surface area contributed by atoms with Crippen molar-refractivity contribution in [3.63, 3.8) is 0 Å². The molecule has 0 radical (unpaired) electrons. The van der Waals surface area contributed by atoms with Gasteiger partial charge >= 0.3 is 0 Å². The number of hydrogen-bond acceptors (Lipinski definition) is 4. The maximum absolute atomic E-state index is 13.0. The second kappa shape index (κ2) is 10.1. The highest BCUT2D eigenvalue weighted by atomic mass is 32.2. The van der Waals surface area contributed by atoms with Crippen molar-refractivity contribution in [2.24, 2.45) is 0 Å². The van der Waals surface area contributed by atoms with Gasteiger partial charge in [-0.2, -0.15) is 4.31 Å². The van der Waals surface area contributed by atoms with Crippen LogP contribution in [0.25, 0.3) is 0 Å². The number of benzene rings is 2. The van der Waals surface area contributed by atoms with Crippen molar-refractivity contribution in [2.75, 3.05) is 26.7 Å². The molecule has 0 bridgehead atoms. The Morgan fingerprint density at radius 2 is 1.77 bits per heavy atom. The SMILES string of the molecule is COc1ccc(S(=O)(=O)N2CCCCC2)cc1C(=O)NCCCc1ccc(C)cc1. The number of amides is 1. The lowest BCUT2D eigenvalue weighted by Crippen LogP contribution is -2.35. The monoisotopic (exact) mass is 430 g/mol. The van der Waals surface area contributed by atoms with Crippen LogP contribution >= 0.6 is 0 Å². The highest BCUT2D eigenvalue weighted by Gasteiger charge is 2.27. The largest absolute Gasteiger partial charge is 0.496 e. The lowest BCUT2D eigenvalue weighted by molar-refractivity contribution is 0.0950. The summed E-state index contributed by atoms with van der Waals surface area (Å²) < 4.78 is 32.7. The van der Waals surface area contributed by atoms with Crippen LogP contribution in [0.15, 0.2) is 47.4 Å². The van der Waals surface area contributed by atoms with Gasteiger partial charge in [-0.1, -0.05) is 36.2 Å². The molecule has 2 aromatic rings. The molecule has 1 aliphatic heterocycles. The number of aryl methyl sites for hydroxylation is 2. The quantitative estimate of drug-likeness (QED) is 0.650. The molecule has 30 heavy (non-hydrogen) atoms. The molecule has 0 saturated carbocycles. The first kappa shape index (κ1) is 22.3. The first-order valence-corrected chi connectivity index (χ1v) is 11.9. The molecule has 1 aliphatic rings. The number of carbonyl (C=O) groups excluding carboxylic acids is 1. The van der Waals surface area contributed by atoms with Crippen molar-refractivity contribution in [1.82, 2.24) is 9.62 Å². The Morgan fingerprint density at radius 1 is 1.07 bits per heavy atom. The molecule has 0 aromatic heterocycles. The smallest absolute Gasteiger partial charge is 0.255 e. The van der Waals surface area contributed by atoms with E-state index in [0.29, 0.717) is 25.4 Å². The molecule has 0 atom stereocenters. The Balaban J connectivity index is 1.66. The first-order valence-electron chi connectivity index (χ1n) is 10.4. The number of carbonyl (C=O) groups is 1. The van der Waals surface area contributed by atoms with Crippen molar-refractivity contribution in [3.05, 3.63) is 59.2 Å². The van der Waals surface area contributed by atoms with Crippen molar-refractivity contribution >= 4 is 15.9 Å². The van der Waals surface area contributed by atoms with Crippen molar-refractivity contribution < 1.29 is 17.9 Å². The number of piperidine rings is 1. The Morgan fingerprint density at radius 3 is 2.43 bits per heavy atom. The van der Waals surface area contributed by atoms with Gasteiger partial charge in [0.2, 0.25) is 10.0 Å². The molecular formula is C23H30N2O4S. The van der Waals surface area contributed by atoms with Crippen LogP contribution in [0.4, 0.5) is 0 Å². The van der Waals surface area contributed by atoms with E-state index in [2.05, 4.69) is 36.5 Å². The normalized spacial score (nSPS) is 15.0. The van der Waals surface area contributed by atoms with Gasteiger partial charge in [0.1, 0.15) is 5.75 Å². The minimum atomic E-state index is -3.61. The lowest BCUT2D eigenvalue weighted by atomic mass is 10.1. The van der Waals surface area contributed by atoms with E-state index in [1.165, 1.54) is 34.7 Å². The van der Waals surface area contributed by atoms with Crippen molar-refractivity contribution in [2.45, 2.75) is 43.9 Å². The predicted octanol–water partition coefficient (Wildman–Crippen LogP) is 3.54. The summed E-state index contributed by atoms with van der Waals surface area (Å²) in [6.07, 6.45) is 4.43. The van der Waals surface area contributed by atoms with E-state index in [9.17, 15) is 13.2 Å². The second-order valence-corrected chi connectivity index (χ2v) is 9.61. The molecular weight excluding hydrogens is 400 g/mol. The minimum Gasteiger partial charge on any atom is -0.496 e. The molecule has 7 heteroatoms. The van der Waals surface area contributed by atoms with Crippen LogP contribution in [0.1, 0.15) is 47.2 Å². The number of nitrogens with one attached hydrogen (secondary N) is 1. The van der Waals surface area contributed by atoms with Crippen molar-refractivity contribution in [3.8, 4) is 5.75 Å². The number of methoxy groups -OCH3 is 1. The summed E-state index contributed by atoms with van der Waals surface area (Å²) in [6.45, 7) is 3.60. The van der Waals surface area contributed by atoms with E-state index in [0.717, 1.165) is 32.1 Å². The fraction of sp³-hybridized carbons (Fsp3) is 0.435. The summed E-state index contributed by atoms with van der Waals surface area (Å²) in [5.41, 5.74) is 2.69. The van der Waals surface area contributed by atoms with Gasteiger partial charge in [0.25, 0.3) is 5.91 Å². The Kier molecular flexibility index (Phi) is 7.50. The molecule has 1 saturated heterocycles. The fourth-order valence-electron chi connectivity index (χ4n) is 3.62. The average Bonchev–Trinajstić information content (AvgIpc) is 2.78. The lowest BCUT2D eigenvalue weighted by Gasteiger charge is -2.26. The summed E-state index contributed by atoms with van der Waals surface area (Å²) in [4.78, 5) is 12.9. The van der Waals surface area contributed by atoms with Crippen LogP contribution in [-0.2, 0) is 16.4 Å². The van der Waals surface area contributed by atoms with Crippen LogP contribution in [0.5, 0.6) is 5.75 Å². The highest BCUT2D eigenvalue weighted by Crippen LogP contribution is 2.26. The third-order valence-electron chi connectivity index (χ3n) is 5.42. The fourth-order valence-corrected chi connectivity index (χ4v) is 5.17. The Bertz CT molecular complexity index is 965. The van der Waals surface area contributed by atoms with Gasteiger partial charge in [-0.3, -0.25) is 4.79 Å². The summed E-state index contributed by atoms with van der Waals surface area (Å²) in [5, 5.41) is 2.89. The van der Waals surface area contributed by atoms with Crippen LogP contribution < -0.4 is 10.1 Å². The molecule has 162 valence electrons. The zero-order valence-electron chi connectivity index (χ0n) is 17.7. The van der Waals surface area contributed by atoms with E-state index in [1.54, 1.807) is 6.07 Å². The summed E-state index contributed by atoms with van der Waals surface area (Å²) in [7, 11) is -2.14. The third kappa shape index (κ3) is 5.40. The van der Waals surface area contributed by atoms with Crippen LogP contribution in [0.3, 0.4) is 0 Å². The van der Waals surface area contributed by atoms with Gasteiger partial charge in [0.05, 0.1) is 17.6 Å². The maximum Gasteiger partial charge on any atom is 0.255 e. The second-order valence-electron chi connectivity index (χ2n) is 7.67. The standard InChI is InChI=1S/C23H30N2O4S/c1-18-8-10-19(11-9-18)7-6-14-24-23(26)21-17-20(12-13-22(21)29-2)30(27,28)25-15-4-3-5-16-25/h8-13,17H,3-7,14-16H2,1-2H3,(H,24,26). The Hall–Kier alpha value is -2.38. The van der Waals surface area contributed by atoms with Gasteiger partial charge in [-0.25, -0.2) is 8.42 Å². The van der Waals surface area contributed by atoms with Gasteiger partial charge in [0.15, 0.2) is 0 Å². The van der Waals surface area contributed by atoms with E-state index in [4.69, 9.17) is 4.74 Å². The molecule has 0 aliphatic carbocycles. The molecule has 1 N–H and O–H groups in total. The van der Waals surface area contributed by atoms with Crippen LogP contribution in [0, 0.1) is 6.92 Å². The number of hydrogen-bond donors (Lipinski definition) is 1.